The molecular weight excluding hydrogens is 260 g/mol. The second-order valence-corrected chi connectivity index (χ2v) is 5.97. The number of hydrogen-bond donors (Lipinski definition) is 1. The average molecular weight is 286 g/mol. The first-order valence-corrected chi connectivity index (χ1v) is 8.18. The fourth-order valence-electron chi connectivity index (χ4n) is 3.62. The molecule has 3 rings (SSSR count). The standard InChI is InChI=1S/C17H26N4/c1-4-9-20(10-5-2)14-11-13-7-6-8-15-16(13)21(12-14)17(18-3)19-15/h6-8,14H,4-5,9-12H2,1-3H3,(H,18,19). The lowest BCUT2D eigenvalue weighted by molar-refractivity contribution is 0.174. The van der Waals surface area contributed by atoms with Crippen LogP contribution in [-0.2, 0) is 13.0 Å². The maximum Gasteiger partial charge on any atom is 0.203 e. The van der Waals surface area contributed by atoms with Crippen molar-refractivity contribution in [1.82, 2.24) is 14.5 Å². The second-order valence-electron chi connectivity index (χ2n) is 5.97. The molecule has 0 spiro atoms. The topological polar surface area (TPSA) is 33.1 Å². The summed E-state index contributed by atoms with van der Waals surface area (Å²) in [6.07, 6.45) is 3.58. The largest absolute Gasteiger partial charge is 0.359 e. The second kappa shape index (κ2) is 6.06. The molecule has 114 valence electrons. The molecule has 0 bridgehead atoms. The van der Waals surface area contributed by atoms with Gasteiger partial charge in [-0.2, -0.15) is 0 Å². The molecule has 0 aliphatic carbocycles. The highest BCUT2D eigenvalue weighted by molar-refractivity contribution is 5.82. The molecule has 1 aliphatic rings. The minimum atomic E-state index is 0.587. The van der Waals surface area contributed by atoms with E-state index in [1.54, 1.807) is 0 Å². The van der Waals surface area contributed by atoms with Crippen LogP contribution in [0.4, 0.5) is 5.95 Å². The number of hydrogen-bond acceptors (Lipinski definition) is 3. The molecule has 0 saturated carbocycles. The number of nitrogens with one attached hydrogen (secondary N) is 1. The summed E-state index contributed by atoms with van der Waals surface area (Å²) >= 11 is 0. The SMILES string of the molecule is CCCN(CCC)C1Cc2cccc3nc(NC)n(c23)C1. The first-order chi connectivity index (χ1) is 10.3. The van der Waals surface area contributed by atoms with Gasteiger partial charge in [-0.05, 0) is 44.0 Å². The number of imidazole rings is 1. The summed E-state index contributed by atoms with van der Waals surface area (Å²) in [6.45, 7) is 7.96. The molecule has 4 heteroatoms. The van der Waals surface area contributed by atoms with Crippen LogP contribution < -0.4 is 5.32 Å². The summed E-state index contributed by atoms with van der Waals surface area (Å²) < 4.78 is 2.37. The van der Waals surface area contributed by atoms with Crippen molar-refractivity contribution < 1.29 is 0 Å². The summed E-state index contributed by atoms with van der Waals surface area (Å²) in [5.41, 5.74) is 3.88. The molecule has 1 aromatic carbocycles. The molecular formula is C17H26N4. The van der Waals surface area contributed by atoms with Crippen LogP contribution in [0.1, 0.15) is 32.3 Å². The van der Waals surface area contributed by atoms with Crippen molar-refractivity contribution in [3.8, 4) is 0 Å². The van der Waals surface area contributed by atoms with E-state index in [2.05, 4.69) is 46.8 Å². The molecule has 1 atom stereocenters. The zero-order valence-corrected chi connectivity index (χ0v) is 13.4. The number of aromatic nitrogens is 2. The molecule has 0 saturated heterocycles. The van der Waals surface area contributed by atoms with Crippen molar-refractivity contribution in [2.75, 3.05) is 25.5 Å². The Hall–Kier alpha value is -1.55. The van der Waals surface area contributed by atoms with E-state index < -0.39 is 0 Å². The van der Waals surface area contributed by atoms with E-state index in [-0.39, 0.29) is 0 Å². The zero-order valence-electron chi connectivity index (χ0n) is 13.4. The van der Waals surface area contributed by atoms with Crippen LogP contribution >= 0.6 is 0 Å². The third-order valence-corrected chi connectivity index (χ3v) is 4.46. The van der Waals surface area contributed by atoms with Gasteiger partial charge in [0.2, 0.25) is 5.95 Å². The number of rotatable bonds is 6. The minimum absolute atomic E-state index is 0.587. The quantitative estimate of drug-likeness (QED) is 0.885. The van der Waals surface area contributed by atoms with Crippen LogP contribution in [0.25, 0.3) is 11.0 Å². The van der Waals surface area contributed by atoms with Gasteiger partial charge in [0.1, 0.15) is 0 Å². The first-order valence-electron chi connectivity index (χ1n) is 8.18. The fraction of sp³-hybridized carbons (Fsp3) is 0.588. The van der Waals surface area contributed by atoms with Gasteiger partial charge in [-0.15, -0.1) is 0 Å². The van der Waals surface area contributed by atoms with E-state index in [9.17, 15) is 0 Å². The van der Waals surface area contributed by atoms with Gasteiger partial charge in [0, 0.05) is 19.6 Å². The van der Waals surface area contributed by atoms with Crippen molar-refractivity contribution in [2.24, 2.45) is 0 Å². The summed E-state index contributed by atoms with van der Waals surface area (Å²) in [5.74, 6) is 0.995. The van der Waals surface area contributed by atoms with Crippen LogP contribution in [0.2, 0.25) is 0 Å². The van der Waals surface area contributed by atoms with Gasteiger partial charge in [-0.1, -0.05) is 26.0 Å². The summed E-state index contributed by atoms with van der Waals surface area (Å²) in [7, 11) is 1.96. The molecule has 21 heavy (non-hydrogen) atoms. The van der Waals surface area contributed by atoms with E-state index in [0.717, 1.165) is 24.4 Å². The number of para-hydroxylation sites is 1. The number of nitrogens with zero attached hydrogens (tertiary/aromatic N) is 3. The lowest BCUT2D eigenvalue weighted by atomic mass is 9.99. The van der Waals surface area contributed by atoms with Gasteiger partial charge in [0.05, 0.1) is 11.0 Å². The van der Waals surface area contributed by atoms with Crippen LogP contribution in [-0.4, -0.2) is 40.6 Å². The molecule has 1 aromatic heterocycles. The first kappa shape index (κ1) is 14.4. The van der Waals surface area contributed by atoms with Gasteiger partial charge in [0.15, 0.2) is 0 Å². The van der Waals surface area contributed by atoms with E-state index in [1.165, 1.54) is 37.0 Å². The Morgan fingerprint density at radius 2 is 2.05 bits per heavy atom. The summed E-state index contributed by atoms with van der Waals surface area (Å²) in [4.78, 5) is 7.38. The summed E-state index contributed by atoms with van der Waals surface area (Å²) in [6, 6.07) is 7.11. The lowest BCUT2D eigenvalue weighted by Gasteiger charge is -2.35. The average Bonchev–Trinajstić information content (AvgIpc) is 2.87. The molecule has 0 radical (unpaired) electrons. The Kier molecular flexibility index (Phi) is 4.15. The highest BCUT2D eigenvalue weighted by Crippen LogP contribution is 2.30. The van der Waals surface area contributed by atoms with Crippen molar-refractivity contribution in [3.63, 3.8) is 0 Å². The van der Waals surface area contributed by atoms with Crippen molar-refractivity contribution >= 4 is 17.0 Å². The predicted octanol–water partition coefficient (Wildman–Crippen LogP) is 3.12. The molecule has 4 nitrogen and oxygen atoms in total. The predicted molar refractivity (Wildman–Crippen MR) is 88.9 cm³/mol. The maximum absolute atomic E-state index is 4.72. The Morgan fingerprint density at radius 1 is 1.29 bits per heavy atom. The lowest BCUT2D eigenvalue weighted by Crippen LogP contribution is -2.42. The highest BCUT2D eigenvalue weighted by atomic mass is 15.2. The monoisotopic (exact) mass is 286 g/mol. The van der Waals surface area contributed by atoms with Gasteiger partial charge in [0.25, 0.3) is 0 Å². The third-order valence-electron chi connectivity index (χ3n) is 4.46. The zero-order chi connectivity index (χ0) is 14.8. The molecule has 1 unspecified atom stereocenters. The Morgan fingerprint density at radius 3 is 2.71 bits per heavy atom. The van der Waals surface area contributed by atoms with Gasteiger partial charge in [-0.25, -0.2) is 4.98 Å². The van der Waals surface area contributed by atoms with E-state index in [4.69, 9.17) is 4.98 Å². The Bertz CT molecular complexity index is 611. The van der Waals surface area contributed by atoms with Gasteiger partial charge >= 0.3 is 0 Å². The number of anilines is 1. The van der Waals surface area contributed by atoms with Crippen molar-refractivity contribution in [2.45, 2.75) is 45.7 Å². The Labute approximate surface area is 127 Å². The highest BCUT2D eigenvalue weighted by Gasteiger charge is 2.27. The van der Waals surface area contributed by atoms with E-state index in [0.29, 0.717) is 6.04 Å². The summed E-state index contributed by atoms with van der Waals surface area (Å²) in [5, 5.41) is 3.25. The molecule has 1 aliphatic heterocycles. The molecule has 2 aromatic rings. The third kappa shape index (κ3) is 2.53. The minimum Gasteiger partial charge on any atom is -0.359 e. The van der Waals surface area contributed by atoms with Crippen molar-refractivity contribution in [1.29, 1.82) is 0 Å². The normalized spacial score (nSPS) is 17.6. The van der Waals surface area contributed by atoms with Crippen LogP contribution in [0.3, 0.4) is 0 Å². The smallest absolute Gasteiger partial charge is 0.203 e. The number of benzene rings is 1. The van der Waals surface area contributed by atoms with Gasteiger partial charge in [-0.3, -0.25) is 4.90 Å². The molecule has 0 fully saturated rings. The van der Waals surface area contributed by atoms with Crippen LogP contribution in [0.15, 0.2) is 18.2 Å². The van der Waals surface area contributed by atoms with E-state index >= 15 is 0 Å². The molecule has 0 amide bonds. The fourth-order valence-corrected chi connectivity index (χ4v) is 3.62. The van der Waals surface area contributed by atoms with Crippen molar-refractivity contribution in [3.05, 3.63) is 23.8 Å². The maximum atomic E-state index is 4.72. The van der Waals surface area contributed by atoms with Crippen LogP contribution in [0, 0.1) is 0 Å². The van der Waals surface area contributed by atoms with E-state index in [1.807, 2.05) is 7.05 Å². The van der Waals surface area contributed by atoms with Gasteiger partial charge < -0.3 is 9.88 Å². The molecule has 1 N–H and O–H groups in total. The van der Waals surface area contributed by atoms with Crippen LogP contribution in [0.5, 0.6) is 0 Å². The Balaban J connectivity index is 1.97. The molecule has 2 heterocycles.